The first-order chi connectivity index (χ1) is 14.0. The van der Waals surface area contributed by atoms with Gasteiger partial charge in [0.25, 0.3) is 10.0 Å². The number of nitrogens with zero attached hydrogens (tertiary/aromatic N) is 1. The van der Waals surface area contributed by atoms with E-state index in [1.165, 1.54) is 0 Å². The molecule has 0 aliphatic rings. The van der Waals surface area contributed by atoms with E-state index in [1.807, 2.05) is 66.9 Å². The van der Waals surface area contributed by atoms with Crippen molar-refractivity contribution < 1.29 is 8.42 Å². The van der Waals surface area contributed by atoms with Crippen LogP contribution in [0.1, 0.15) is 12.5 Å². The summed E-state index contributed by atoms with van der Waals surface area (Å²) in [6, 6.07) is 24.3. The van der Waals surface area contributed by atoms with E-state index in [9.17, 15) is 8.42 Å². The van der Waals surface area contributed by atoms with E-state index >= 15 is 0 Å². The molecule has 0 amide bonds. The fourth-order valence-electron chi connectivity index (χ4n) is 2.95. The van der Waals surface area contributed by atoms with Crippen molar-refractivity contribution in [3.05, 3.63) is 89.8 Å². The van der Waals surface area contributed by atoms with Crippen LogP contribution in [0.15, 0.2) is 89.1 Å². The molecule has 3 aromatic carbocycles. The van der Waals surface area contributed by atoms with Crippen LogP contribution in [0.4, 0.5) is 5.69 Å². The lowest BCUT2D eigenvalue weighted by molar-refractivity contribution is 0.601. The minimum Gasteiger partial charge on any atom is -0.280 e. The van der Waals surface area contributed by atoms with Gasteiger partial charge in [0.05, 0.1) is 10.6 Å². The van der Waals surface area contributed by atoms with Crippen LogP contribution >= 0.6 is 11.3 Å². The Kier molecular flexibility index (Phi) is 5.47. The Morgan fingerprint density at radius 3 is 2.21 bits per heavy atom. The molecule has 1 heterocycles. The van der Waals surface area contributed by atoms with Gasteiger partial charge in [0.2, 0.25) is 0 Å². The second-order valence-electron chi connectivity index (χ2n) is 6.58. The monoisotopic (exact) mass is 420 g/mol. The van der Waals surface area contributed by atoms with Gasteiger partial charge in [-0.1, -0.05) is 61.5 Å². The average Bonchev–Trinajstić information content (AvgIpc) is 3.25. The smallest absolute Gasteiger partial charge is 0.261 e. The molecule has 1 N–H and O–H groups in total. The van der Waals surface area contributed by atoms with Gasteiger partial charge in [-0.15, -0.1) is 11.3 Å². The number of nitrogens with one attached hydrogen (secondary N) is 1. The molecular weight excluding hydrogens is 400 g/mol. The summed E-state index contributed by atoms with van der Waals surface area (Å²) in [6.45, 7) is 2.04. The number of aromatic nitrogens is 1. The Hall–Kier alpha value is -2.96. The average molecular weight is 421 g/mol. The minimum absolute atomic E-state index is 0.255. The summed E-state index contributed by atoms with van der Waals surface area (Å²) in [5.74, 6) is 0. The quantitative estimate of drug-likeness (QED) is 0.426. The molecule has 6 heteroatoms. The topological polar surface area (TPSA) is 59.1 Å². The molecule has 0 fully saturated rings. The number of hydrogen-bond acceptors (Lipinski definition) is 4. The van der Waals surface area contributed by atoms with E-state index in [0.29, 0.717) is 5.69 Å². The molecule has 29 heavy (non-hydrogen) atoms. The third kappa shape index (κ3) is 4.39. The lowest BCUT2D eigenvalue weighted by Gasteiger charge is -2.09. The molecule has 4 rings (SSSR count). The Morgan fingerprint density at radius 1 is 0.862 bits per heavy atom. The van der Waals surface area contributed by atoms with E-state index in [2.05, 4.69) is 4.72 Å². The van der Waals surface area contributed by atoms with Crippen molar-refractivity contribution in [2.75, 3.05) is 4.72 Å². The standard InChI is InChI=1S/C23H20N2O2S2/c1-2-17-8-14-21(15-9-17)29(26,27)25-20-12-10-18(11-13-20)22-16-28-23(24-22)19-6-4-3-5-7-19/h3-16,25H,2H2,1H3. The van der Waals surface area contributed by atoms with Gasteiger partial charge in [0.1, 0.15) is 5.01 Å². The van der Waals surface area contributed by atoms with Gasteiger partial charge < -0.3 is 0 Å². The zero-order valence-corrected chi connectivity index (χ0v) is 17.5. The minimum atomic E-state index is -3.61. The Balaban J connectivity index is 1.51. The maximum absolute atomic E-state index is 12.6. The summed E-state index contributed by atoms with van der Waals surface area (Å²) >= 11 is 1.59. The molecule has 1 aromatic heterocycles. The Morgan fingerprint density at radius 2 is 1.55 bits per heavy atom. The van der Waals surface area contributed by atoms with Gasteiger partial charge in [-0.05, 0) is 36.2 Å². The molecule has 0 atom stereocenters. The molecule has 0 unspecified atom stereocenters. The normalized spacial score (nSPS) is 11.3. The molecule has 0 aliphatic carbocycles. The van der Waals surface area contributed by atoms with Crippen LogP contribution in [0.2, 0.25) is 0 Å². The van der Waals surface area contributed by atoms with Gasteiger partial charge >= 0.3 is 0 Å². The van der Waals surface area contributed by atoms with Gasteiger partial charge in [-0.2, -0.15) is 0 Å². The zero-order valence-electron chi connectivity index (χ0n) is 15.9. The molecule has 0 aliphatic heterocycles. The number of sulfonamides is 1. The van der Waals surface area contributed by atoms with Crippen molar-refractivity contribution in [2.45, 2.75) is 18.2 Å². The molecule has 0 saturated heterocycles. The lowest BCUT2D eigenvalue weighted by atomic mass is 10.1. The van der Waals surface area contributed by atoms with Crippen molar-refractivity contribution in [3.8, 4) is 21.8 Å². The van der Waals surface area contributed by atoms with Crippen LogP contribution in [-0.4, -0.2) is 13.4 Å². The van der Waals surface area contributed by atoms with E-state index in [1.54, 1.807) is 35.6 Å². The highest BCUT2D eigenvalue weighted by Gasteiger charge is 2.14. The highest BCUT2D eigenvalue weighted by molar-refractivity contribution is 7.92. The van der Waals surface area contributed by atoms with Crippen LogP contribution in [-0.2, 0) is 16.4 Å². The third-order valence-electron chi connectivity index (χ3n) is 4.60. The number of benzene rings is 3. The summed E-state index contributed by atoms with van der Waals surface area (Å²) in [7, 11) is -3.61. The summed E-state index contributed by atoms with van der Waals surface area (Å²) in [6.07, 6.45) is 0.873. The number of hydrogen-bond donors (Lipinski definition) is 1. The molecular formula is C23H20N2O2S2. The van der Waals surface area contributed by atoms with Gasteiger partial charge in [-0.25, -0.2) is 13.4 Å². The SMILES string of the molecule is CCc1ccc(S(=O)(=O)Nc2ccc(-c3csc(-c4ccccc4)n3)cc2)cc1. The van der Waals surface area contributed by atoms with Crippen molar-refractivity contribution in [1.29, 1.82) is 0 Å². The van der Waals surface area contributed by atoms with Crippen LogP contribution in [0.25, 0.3) is 21.8 Å². The van der Waals surface area contributed by atoms with Crippen LogP contribution in [0.3, 0.4) is 0 Å². The molecule has 0 spiro atoms. The first-order valence-corrected chi connectivity index (χ1v) is 11.6. The predicted octanol–water partition coefficient (Wildman–Crippen LogP) is 5.84. The zero-order chi connectivity index (χ0) is 20.3. The molecule has 0 radical (unpaired) electrons. The summed E-state index contributed by atoms with van der Waals surface area (Å²) in [4.78, 5) is 4.95. The maximum atomic E-state index is 12.6. The number of thiazole rings is 1. The van der Waals surface area contributed by atoms with Gasteiger partial charge in [0, 0.05) is 22.2 Å². The highest BCUT2D eigenvalue weighted by Crippen LogP contribution is 2.29. The predicted molar refractivity (Wildman–Crippen MR) is 120 cm³/mol. The lowest BCUT2D eigenvalue weighted by Crippen LogP contribution is -2.12. The number of aryl methyl sites for hydroxylation is 1. The van der Waals surface area contributed by atoms with Crippen LogP contribution in [0.5, 0.6) is 0 Å². The molecule has 146 valence electrons. The van der Waals surface area contributed by atoms with E-state index < -0.39 is 10.0 Å². The Labute approximate surface area is 175 Å². The van der Waals surface area contributed by atoms with Crippen molar-refractivity contribution in [3.63, 3.8) is 0 Å². The fraction of sp³-hybridized carbons (Fsp3) is 0.0870. The number of rotatable bonds is 6. The van der Waals surface area contributed by atoms with Crippen molar-refractivity contribution >= 4 is 27.0 Å². The molecule has 4 aromatic rings. The Bertz CT molecular complexity index is 1200. The second-order valence-corrected chi connectivity index (χ2v) is 9.12. The largest absolute Gasteiger partial charge is 0.280 e. The molecule has 0 bridgehead atoms. The van der Waals surface area contributed by atoms with Gasteiger partial charge in [-0.3, -0.25) is 4.72 Å². The van der Waals surface area contributed by atoms with Crippen LogP contribution < -0.4 is 4.72 Å². The summed E-state index contributed by atoms with van der Waals surface area (Å²) < 4.78 is 27.8. The van der Waals surface area contributed by atoms with Crippen LogP contribution in [0, 0.1) is 0 Å². The second kappa shape index (κ2) is 8.19. The first-order valence-electron chi connectivity index (χ1n) is 9.28. The van der Waals surface area contributed by atoms with E-state index in [0.717, 1.165) is 33.8 Å². The van der Waals surface area contributed by atoms with Crippen molar-refractivity contribution in [2.24, 2.45) is 0 Å². The van der Waals surface area contributed by atoms with E-state index in [-0.39, 0.29) is 4.90 Å². The number of anilines is 1. The molecule has 0 saturated carbocycles. The first kappa shape index (κ1) is 19.4. The maximum Gasteiger partial charge on any atom is 0.261 e. The third-order valence-corrected chi connectivity index (χ3v) is 6.89. The summed E-state index contributed by atoms with van der Waals surface area (Å²) in [5, 5.41) is 2.97. The fourth-order valence-corrected chi connectivity index (χ4v) is 4.84. The molecule has 4 nitrogen and oxygen atoms in total. The van der Waals surface area contributed by atoms with Crippen molar-refractivity contribution in [1.82, 2.24) is 4.98 Å². The highest BCUT2D eigenvalue weighted by atomic mass is 32.2. The van der Waals surface area contributed by atoms with Gasteiger partial charge in [0.15, 0.2) is 0 Å². The summed E-state index contributed by atoms with van der Waals surface area (Å²) in [5.41, 5.74) is 4.53. The van der Waals surface area contributed by atoms with E-state index in [4.69, 9.17) is 4.98 Å².